The summed E-state index contributed by atoms with van der Waals surface area (Å²) >= 11 is 6.16. The van der Waals surface area contributed by atoms with Crippen molar-refractivity contribution in [1.82, 2.24) is 9.21 Å². The van der Waals surface area contributed by atoms with E-state index in [9.17, 15) is 18.0 Å². The Labute approximate surface area is 187 Å². The van der Waals surface area contributed by atoms with Crippen molar-refractivity contribution < 1.29 is 22.7 Å². The van der Waals surface area contributed by atoms with Gasteiger partial charge in [-0.3, -0.25) is 9.59 Å². The van der Waals surface area contributed by atoms with E-state index >= 15 is 0 Å². The second-order valence-corrected chi connectivity index (χ2v) is 9.02. The lowest BCUT2D eigenvalue weighted by atomic mass is 10.2. The molecule has 1 N–H and O–H groups in total. The van der Waals surface area contributed by atoms with E-state index in [1.807, 2.05) is 0 Å². The van der Waals surface area contributed by atoms with Crippen LogP contribution in [0.1, 0.15) is 24.2 Å². The van der Waals surface area contributed by atoms with Gasteiger partial charge in [0.05, 0.1) is 29.1 Å². The fourth-order valence-electron chi connectivity index (χ4n) is 2.94. The van der Waals surface area contributed by atoms with E-state index in [1.165, 1.54) is 41.6 Å². The highest BCUT2D eigenvalue weighted by molar-refractivity contribution is 7.89. The summed E-state index contributed by atoms with van der Waals surface area (Å²) in [5.74, 6) is -0.408. The number of ether oxygens (including phenoxy) is 1. The van der Waals surface area contributed by atoms with Crippen LogP contribution in [-0.2, 0) is 14.8 Å². The fraction of sp³-hybridized carbons (Fsp3) is 0.333. The molecule has 2 rings (SSSR count). The number of hydrogen-bond acceptors (Lipinski definition) is 5. The van der Waals surface area contributed by atoms with Crippen molar-refractivity contribution in [1.29, 1.82) is 0 Å². The standard InChI is InChI=1S/C21H26ClN3O5S/c1-5-25(6-2)31(28,29)17-10-11-19(22)18(13-17)21(27)24(3)14-20(26)23-15-8-7-9-16(12-15)30-4/h7-13H,5-6,14H2,1-4H3,(H,23,26). The molecule has 0 aliphatic rings. The molecule has 10 heteroatoms. The molecule has 0 saturated carbocycles. The Morgan fingerprint density at radius 2 is 1.77 bits per heavy atom. The highest BCUT2D eigenvalue weighted by atomic mass is 35.5. The first-order valence-corrected chi connectivity index (χ1v) is 11.4. The SMILES string of the molecule is CCN(CC)S(=O)(=O)c1ccc(Cl)c(C(=O)N(C)CC(=O)Nc2cccc(OC)c2)c1. The molecule has 0 aliphatic heterocycles. The van der Waals surface area contributed by atoms with E-state index in [0.717, 1.165) is 0 Å². The van der Waals surface area contributed by atoms with Crippen LogP contribution in [0.25, 0.3) is 0 Å². The van der Waals surface area contributed by atoms with E-state index in [4.69, 9.17) is 16.3 Å². The molecule has 31 heavy (non-hydrogen) atoms. The first-order chi connectivity index (χ1) is 14.6. The number of nitrogens with one attached hydrogen (secondary N) is 1. The molecule has 0 atom stereocenters. The molecule has 8 nitrogen and oxygen atoms in total. The predicted octanol–water partition coefficient (Wildman–Crippen LogP) is 3.09. The van der Waals surface area contributed by atoms with Gasteiger partial charge in [-0.15, -0.1) is 0 Å². The Kier molecular flexibility index (Phi) is 8.43. The van der Waals surface area contributed by atoms with Gasteiger partial charge in [-0.1, -0.05) is 31.5 Å². The van der Waals surface area contributed by atoms with Crippen LogP contribution in [0.4, 0.5) is 5.69 Å². The zero-order valence-electron chi connectivity index (χ0n) is 17.9. The highest BCUT2D eigenvalue weighted by Crippen LogP contribution is 2.24. The van der Waals surface area contributed by atoms with E-state index in [1.54, 1.807) is 38.1 Å². The van der Waals surface area contributed by atoms with Gasteiger partial charge in [-0.05, 0) is 30.3 Å². The van der Waals surface area contributed by atoms with Gasteiger partial charge >= 0.3 is 0 Å². The molecule has 0 radical (unpaired) electrons. The summed E-state index contributed by atoms with van der Waals surface area (Å²) in [6, 6.07) is 10.8. The monoisotopic (exact) mass is 467 g/mol. The van der Waals surface area contributed by atoms with Crippen LogP contribution in [0.3, 0.4) is 0 Å². The maximum absolute atomic E-state index is 12.9. The number of benzene rings is 2. The summed E-state index contributed by atoms with van der Waals surface area (Å²) < 4.78 is 31.9. The van der Waals surface area contributed by atoms with Crippen LogP contribution in [0.15, 0.2) is 47.4 Å². The lowest BCUT2D eigenvalue weighted by Crippen LogP contribution is -2.35. The second-order valence-electron chi connectivity index (χ2n) is 6.67. The van der Waals surface area contributed by atoms with E-state index in [0.29, 0.717) is 24.5 Å². The number of sulfonamides is 1. The zero-order valence-corrected chi connectivity index (χ0v) is 19.5. The number of hydrogen-bond donors (Lipinski definition) is 1. The van der Waals surface area contributed by atoms with Crippen molar-refractivity contribution in [3.05, 3.63) is 53.1 Å². The minimum absolute atomic E-state index is 0.00609. The lowest BCUT2D eigenvalue weighted by molar-refractivity contribution is -0.116. The van der Waals surface area contributed by atoms with Gasteiger partial charge < -0.3 is 15.0 Å². The van der Waals surface area contributed by atoms with Gasteiger partial charge in [0.2, 0.25) is 15.9 Å². The lowest BCUT2D eigenvalue weighted by Gasteiger charge is -2.20. The molecule has 2 aromatic carbocycles. The van der Waals surface area contributed by atoms with Crippen LogP contribution in [0.2, 0.25) is 5.02 Å². The Morgan fingerprint density at radius 3 is 2.39 bits per heavy atom. The first kappa shape index (κ1) is 24.6. The predicted molar refractivity (Wildman–Crippen MR) is 120 cm³/mol. The van der Waals surface area contributed by atoms with Crippen LogP contribution >= 0.6 is 11.6 Å². The molecule has 0 bridgehead atoms. The summed E-state index contributed by atoms with van der Waals surface area (Å²) in [5, 5.41) is 2.79. The van der Waals surface area contributed by atoms with Crippen molar-refractivity contribution in [3.63, 3.8) is 0 Å². The largest absolute Gasteiger partial charge is 0.497 e. The molecule has 2 aromatic rings. The number of carbonyl (C=O) groups excluding carboxylic acids is 2. The van der Waals surface area contributed by atoms with Crippen LogP contribution < -0.4 is 10.1 Å². The summed E-state index contributed by atoms with van der Waals surface area (Å²) in [6.45, 7) is 3.82. The summed E-state index contributed by atoms with van der Waals surface area (Å²) in [6.07, 6.45) is 0. The average molecular weight is 468 g/mol. The summed E-state index contributed by atoms with van der Waals surface area (Å²) in [5.41, 5.74) is 0.530. The second kappa shape index (κ2) is 10.6. The van der Waals surface area contributed by atoms with Crippen molar-refractivity contribution in [2.45, 2.75) is 18.7 Å². The first-order valence-electron chi connectivity index (χ1n) is 9.63. The maximum atomic E-state index is 12.9. The molecule has 2 amide bonds. The Bertz CT molecular complexity index is 1050. The van der Waals surface area contributed by atoms with Crippen molar-refractivity contribution >= 4 is 39.1 Å². The van der Waals surface area contributed by atoms with Gasteiger partial charge in [0.15, 0.2) is 0 Å². The molecule has 0 unspecified atom stereocenters. The molecular weight excluding hydrogens is 442 g/mol. The van der Waals surface area contributed by atoms with E-state index < -0.39 is 21.8 Å². The van der Waals surface area contributed by atoms with Crippen LogP contribution in [-0.4, -0.2) is 63.2 Å². The summed E-state index contributed by atoms with van der Waals surface area (Å²) in [7, 11) is -0.798. The summed E-state index contributed by atoms with van der Waals surface area (Å²) in [4.78, 5) is 26.4. The van der Waals surface area contributed by atoms with Gasteiger partial charge in [0.25, 0.3) is 5.91 Å². The van der Waals surface area contributed by atoms with Gasteiger partial charge in [0, 0.05) is 31.9 Å². The molecule has 0 heterocycles. The molecule has 0 aliphatic carbocycles. The van der Waals surface area contributed by atoms with Gasteiger partial charge in [0.1, 0.15) is 5.75 Å². The number of rotatable bonds is 9. The quantitative estimate of drug-likeness (QED) is 0.611. The average Bonchev–Trinajstić information content (AvgIpc) is 2.74. The molecule has 0 aromatic heterocycles. The van der Waals surface area contributed by atoms with Crippen molar-refractivity contribution in [2.24, 2.45) is 0 Å². The molecule has 168 valence electrons. The molecule has 0 spiro atoms. The van der Waals surface area contributed by atoms with Crippen LogP contribution in [0.5, 0.6) is 5.75 Å². The normalized spacial score (nSPS) is 11.3. The molecular formula is C21H26ClN3O5S. The van der Waals surface area contributed by atoms with Crippen molar-refractivity contribution in [2.75, 3.05) is 39.1 Å². The topological polar surface area (TPSA) is 96.0 Å². The minimum atomic E-state index is -3.76. The minimum Gasteiger partial charge on any atom is -0.497 e. The maximum Gasteiger partial charge on any atom is 0.255 e. The zero-order chi connectivity index (χ0) is 23.2. The van der Waals surface area contributed by atoms with Gasteiger partial charge in [-0.2, -0.15) is 4.31 Å². The Morgan fingerprint density at radius 1 is 1.10 bits per heavy atom. The molecule has 0 saturated heterocycles. The fourth-order valence-corrected chi connectivity index (χ4v) is 4.62. The highest BCUT2D eigenvalue weighted by Gasteiger charge is 2.25. The van der Waals surface area contributed by atoms with Crippen LogP contribution in [0, 0.1) is 0 Å². The molecule has 0 fully saturated rings. The number of anilines is 1. The third-order valence-electron chi connectivity index (χ3n) is 4.59. The number of nitrogens with zero attached hydrogens (tertiary/aromatic N) is 2. The van der Waals surface area contributed by atoms with E-state index in [-0.39, 0.29) is 22.0 Å². The Hall–Kier alpha value is -2.62. The number of carbonyl (C=O) groups is 2. The third kappa shape index (κ3) is 5.96. The van der Waals surface area contributed by atoms with E-state index in [2.05, 4.69) is 5.32 Å². The number of likely N-dealkylation sites (N-methyl/N-ethyl adjacent to an activating group) is 1. The Balaban J connectivity index is 2.18. The smallest absolute Gasteiger partial charge is 0.255 e. The number of methoxy groups -OCH3 is 1. The van der Waals surface area contributed by atoms with Gasteiger partial charge in [-0.25, -0.2) is 8.42 Å². The number of amides is 2. The van der Waals surface area contributed by atoms with Crippen molar-refractivity contribution in [3.8, 4) is 5.75 Å². The third-order valence-corrected chi connectivity index (χ3v) is 6.97. The number of halogens is 1.